The van der Waals surface area contributed by atoms with Crippen molar-refractivity contribution in [1.29, 1.82) is 0 Å². The van der Waals surface area contributed by atoms with Crippen molar-refractivity contribution < 1.29 is 18.3 Å². The number of halogens is 3. The van der Waals surface area contributed by atoms with Crippen molar-refractivity contribution in [3.8, 4) is 5.69 Å². The summed E-state index contributed by atoms with van der Waals surface area (Å²) >= 11 is 0. The van der Waals surface area contributed by atoms with Crippen LogP contribution in [0.25, 0.3) is 5.69 Å². The van der Waals surface area contributed by atoms with E-state index in [-0.39, 0.29) is 11.3 Å². The van der Waals surface area contributed by atoms with Crippen LogP contribution in [0.2, 0.25) is 0 Å². The predicted molar refractivity (Wildman–Crippen MR) is 57.3 cm³/mol. The molecule has 18 heavy (non-hydrogen) atoms. The van der Waals surface area contributed by atoms with Gasteiger partial charge in [0.2, 0.25) is 0 Å². The number of aliphatic hydroxyl groups excluding tert-OH is 1. The van der Waals surface area contributed by atoms with Crippen molar-refractivity contribution in [2.75, 3.05) is 0 Å². The number of hydrogen-bond donors (Lipinski definition) is 2. The Bertz CT molecular complexity index is 596. The van der Waals surface area contributed by atoms with Crippen molar-refractivity contribution in [2.45, 2.75) is 12.8 Å². The molecule has 96 valence electrons. The third-order valence-electron chi connectivity index (χ3n) is 2.47. The van der Waals surface area contributed by atoms with Gasteiger partial charge in [0.05, 0.1) is 23.4 Å². The highest BCUT2D eigenvalue weighted by Gasteiger charge is 2.30. The number of H-pyrrole nitrogens is 1. The minimum absolute atomic E-state index is 0.148. The number of aliphatic hydroxyl groups is 1. The molecule has 0 aliphatic rings. The van der Waals surface area contributed by atoms with E-state index in [0.717, 1.165) is 16.8 Å². The Kier molecular flexibility index (Phi) is 3.00. The molecule has 0 saturated heterocycles. The van der Waals surface area contributed by atoms with Gasteiger partial charge >= 0.3 is 6.18 Å². The first-order chi connectivity index (χ1) is 8.43. The Morgan fingerprint density at radius 1 is 1.22 bits per heavy atom. The van der Waals surface area contributed by atoms with Crippen LogP contribution in [-0.2, 0) is 12.8 Å². The van der Waals surface area contributed by atoms with E-state index in [2.05, 4.69) is 5.10 Å². The number of nitrogens with zero attached hydrogens (tertiary/aromatic N) is 1. The number of aromatic nitrogens is 2. The molecular weight excluding hydrogens is 249 g/mol. The number of hydrogen-bond acceptors (Lipinski definition) is 2. The van der Waals surface area contributed by atoms with Gasteiger partial charge in [-0.25, -0.2) is 4.68 Å². The van der Waals surface area contributed by atoms with Crippen LogP contribution in [0.5, 0.6) is 0 Å². The molecule has 0 spiro atoms. The number of benzene rings is 1. The van der Waals surface area contributed by atoms with Crippen LogP contribution in [-0.4, -0.2) is 14.9 Å². The monoisotopic (exact) mass is 258 g/mol. The average Bonchev–Trinajstić information content (AvgIpc) is 2.69. The Morgan fingerprint density at radius 3 is 2.28 bits per heavy atom. The fraction of sp³-hybridized carbons (Fsp3) is 0.182. The van der Waals surface area contributed by atoms with Crippen LogP contribution in [0.3, 0.4) is 0 Å². The van der Waals surface area contributed by atoms with Crippen LogP contribution < -0.4 is 5.56 Å². The molecule has 7 heteroatoms. The molecule has 2 N–H and O–H groups in total. The normalized spacial score (nSPS) is 11.8. The molecule has 0 saturated carbocycles. The molecule has 4 nitrogen and oxygen atoms in total. The molecule has 0 amide bonds. The second kappa shape index (κ2) is 4.34. The summed E-state index contributed by atoms with van der Waals surface area (Å²) < 4.78 is 38.1. The molecule has 1 heterocycles. The second-order valence-corrected chi connectivity index (χ2v) is 3.64. The molecule has 0 unspecified atom stereocenters. The van der Waals surface area contributed by atoms with Crippen LogP contribution in [0.4, 0.5) is 13.2 Å². The summed E-state index contributed by atoms with van der Waals surface area (Å²) in [5.41, 5.74) is -0.854. The van der Waals surface area contributed by atoms with E-state index in [1.165, 1.54) is 18.3 Å². The number of nitrogens with one attached hydrogen (secondary N) is 1. The van der Waals surface area contributed by atoms with Crippen molar-refractivity contribution in [2.24, 2.45) is 0 Å². The maximum atomic E-state index is 12.4. The van der Waals surface area contributed by atoms with Gasteiger partial charge < -0.3 is 5.11 Å². The van der Waals surface area contributed by atoms with Crippen molar-refractivity contribution in [1.82, 2.24) is 9.78 Å². The van der Waals surface area contributed by atoms with Crippen LogP contribution in [0, 0.1) is 0 Å². The maximum absolute atomic E-state index is 12.4. The highest BCUT2D eigenvalue weighted by atomic mass is 19.4. The topological polar surface area (TPSA) is 58.0 Å². The maximum Gasteiger partial charge on any atom is 0.416 e. The molecule has 0 radical (unpaired) electrons. The van der Waals surface area contributed by atoms with E-state index >= 15 is 0 Å². The lowest BCUT2D eigenvalue weighted by atomic mass is 10.2. The van der Waals surface area contributed by atoms with Gasteiger partial charge in [0.15, 0.2) is 0 Å². The molecule has 2 aromatic rings. The lowest BCUT2D eigenvalue weighted by Gasteiger charge is -2.07. The molecule has 0 fully saturated rings. The van der Waals surface area contributed by atoms with Crippen molar-refractivity contribution in [3.05, 3.63) is 51.9 Å². The third-order valence-corrected chi connectivity index (χ3v) is 2.47. The van der Waals surface area contributed by atoms with Gasteiger partial charge in [-0.3, -0.25) is 9.89 Å². The van der Waals surface area contributed by atoms with Crippen LogP contribution in [0.1, 0.15) is 11.1 Å². The number of aromatic amines is 1. The average molecular weight is 258 g/mol. The highest BCUT2D eigenvalue weighted by Crippen LogP contribution is 2.29. The van der Waals surface area contributed by atoms with Gasteiger partial charge in [0.25, 0.3) is 5.56 Å². The van der Waals surface area contributed by atoms with E-state index in [0.29, 0.717) is 0 Å². The Morgan fingerprint density at radius 2 is 1.83 bits per heavy atom. The lowest BCUT2D eigenvalue weighted by Crippen LogP contribution is -2.17. The van der Waals surface area contributed by atoms with E-state index < -0.39 is 23.9 Å². The number of alkyl halides is 3. The summed E-state index contributed by atoms with van der Waals surface area (Å²) in [4.78, 5) is 11.6. The molecule has 1 aromatic heterocycles. The third kappa shape index (κ3) is 2.17. The van der Waals surface area contributed by atoms with E-state index in [4.69, 9.17) is 5.11 Å². The summed E-state index contributed by atoms with van der Waals surface area (Å²) in [5, 5.41) is 11.4. The van der Waals surface area contributed by atoms with Crippen LogP contribution >= 0.6 is 0 Å². The van der Waals surface area contributed by atoms with Gasteiger partial charge in [0, 0.05) is 6.20 Å². The highest BCUT2D eigenvalue weighted by molar-refractivity contribution is 5.35. The summed E-state index contributed by atoms with van der Waals surface area (Å²) in [6, 6.07) is 4.15. The zero-order valence-corrected chi connectivity index (χ0v) is 9.03. The predicted octanol–water partition coefficient (Wildman–Crippen LogP) is 1.68. The van der Waals surface area contributed by atoms with Gasteiger partial charge in [-0.05, 0) is 24.3 Å². The van der Waals surface area contributed by atoms with E-state index in [1.807, 2.05) is 0 Å². The largest absolute Gasteiger partial charge is 0.416 e. The molecular formula is C11H9F3N2O2. The molecule has 0 aliphatic carbocycles. The van der Waals surface area contributed by atoms with Gasteiger partial charge in [-0.2, -0.15) is 13.2 Å². The van der Waals surface area contributed by atoms with Crippen molar-refractivity contribution in [3.63, 3.8) is 0 Å². The standard InChI is InChI=1S/C11H9F3N2O2/c12-11(13,14)8-1-3-9(4-2-8)16-10(18)7(6-17)5-15-16/h1-5,15,17H,6H2. The van der Waals surface area contributed by atoms with Gasteiger partial charge in [-0.15, -0.1) is 0 Å². The molecule has 0 bridgehead atoms. The fourth-order valence-corrected chi connectivity index (χ4v) is 1.51. The second-order valence-electron chi connectivity index (χ2n) is 3.64. The minimum atomic E-state index is -4.41. The summed E-state index contributed by atoms with van der Waals surface area (Å²) in [6.07, 6.45) is -3.10. The van der Waals surface area contributed by atoms with Crippen LogP contribution in [0.15, 0.2) is 35.3 Å². The minimum Gasteiger partial charge on any atom is -0.391 e. The van der Waals surface area contributed by atoms with Crippen molar-refractivity contribution >= 4 is 0 Å². The first-order valence-electron chi connectivity index (χ1n) is 5.01. The van der Waals surface area contributed by atoms with Gasteiger partial charge in [0.1, 0.15) is 0 Å². The lowest BCUT2D eigenvalue weighted by molar-refractivity contribution is -0.137. The van der Waals surface area contributed by atoms with Gasteiger partial charge in [-0.1, -0.05) is 0 Å². The van der Waals surface area contributed by atoms with E-state index in [9.17, 15) is 18.0 Å². The summed E-state index contributed by atoms with van der Waals surface area (Å²) in [6.45, 7) is -0.428. The zero-order chi connectivity index (χ0) is 13.3. The molecule has 0 aliphatic heterocycles. The SMILES string of the molecule is O=c1c(CO)c[nH]n1-c1ccc(C(F)(F)F)cc1. The quantitative estimate of drug-likeness (QED) is 0.861. The molecule has 2 rings (SSSR count). The molecule has 0 atom stereocenters. The zero-order valence-electron chi connectivity index (χ0n) is 9.03. The summed E-state index contributed by atoms with van der Waals surface area (Å²) in [7, 11) is 0. The first kappa shape index (κ1) is 12.4. The Hall–Kier alpha value is -2.02. The first-order valence-corrected chi connectivity index (χ1v) is 5.01. The Balaban J connectivity index is 2.41. The fourth-order valence-electron chi connectivity index (χ4n) is 1.51. The van der Waals surface area contributed by atoms with E-state index in [1.54, 1.807) is 0 Å². The molecule has 1 aromatic carbocycles. The number of rotatable bonds is 2. The summed E-state index contributed by atoms with van der Waals surface area (Å²) in [5.74, 6) is 0. The smallest absolute Gasteiger partial charge is 0.391 e. The Labute approximate surface area is 99.3 Å².